The Morgan fingerprint density at radius 3 is 2.39 bits per heavy atom. The molecule has 0 aliphatic rings. The smallest absolute Gasteiger partial charge is 0.238 e. The van der Waals surface area contributed by atoms with Crippen LogP contribution in [0.1, 0.15) is 12.5 Å². The monoisotopic (exact) mass is 249 g/mol. The van der Waals surface area contributed by atoms with E-state index in [9.17, 15) is 9.59 Å². The second-order valence-electron chi connectivity index (χ2n) is 4.07. The minimum absolute atomic E-state index is 0.0686. The summed E-state index contributed by atoms with van der Waals surface area (Å²) >= 11 is 0. The molecule has 0 aliphatic heterocycles. The molecule has 0 radical (unpaired) electrons. The Kier molecular flexibility index (Phi) is 5.87. The van der Waals surface area contributed by atoms with E-state index in [0.717, 1.165) is 11.3 Å². The van der Waals surface area contributed by atoms with Gasteiger partial charge in [-0.25, -0.2) is 0 Å². The molecule has 1 rings (SSSR count). The topological polar surface area (TPSA) is 70.2 Å². The molecule has 98 valence electrons. The molecule has 5 heteroatoms. The molecule has 0 spiro atoms. The molecule has 3 N–H and O–H groups in total. The summed E-state index contributed by atoms with van der Waals surface area (Å²) in [5.41, 5.74) is 1.94. The lowest BCUT2D eigenvalue weighted by Crippen LogP contribution is -2.34. The van der Waals surface area contributed by atoms with E-state index in [1.165, 1.54) is 6.92 Å². The molecule has 0 heterocycles. The molecular formula is C13H19N3O2. The second kappa shape index (κ2) is 7.45. The van der Waals surface area contributed by atoms with Crippen LogP contribution in [0.2, 0.25) is 0 Å². The van der Waals surface area contributed by atoms with E-state index < -0.39 is 0 Å². The summed E-state index contributed by atoms with van der Waals surface area (Å²) < 4.78 is 0. The van der Waals surface area contributed by atoms with Crippen LogP contribution >= 0.6 is 0 Å². The van der Waals surface area contributed by atoms with Gasteiger partial charge in [-0.1, -0.05) is 17.7 Å². The van der Waals surface area contributed by atoms with Gasteiger partial charge in [-0.05, 0) is 19.1 Å². The predicted octanol–water partition coefficient (Wildman–Crippen LogP) is 0.659. The first kappa shape index (κ1) is 14.2. The number of carbonyl (C=O) groups excluding carboxylic acids is 2. The summed E-state index contributed by atoms with van der Waals surface area (Å²) in [6.07, 6.45) is 0. The van der Waals surface area contributed by atoms with E-state index in [2.05, 4.69) is 16.0 Å². The number of nitrogens with one attached hydrogen (secondary N) is 3. The van der Waals surface area contributed by atoms with Crippen molar-refractivity contribution in [1.29, 1.82) is 0 Å². The second-order valence-corrected chi connectivity index (χ2v) is 4.07. The lowest BCUT2D eigenvalue weighted by atomic mass is 10.2. The molecule has 18 heavy (non-hydrogen) atoms. The number of rotatable bonds is 6. The first-order valence-corrected chi connectivity index (χ1v) is 5.89. The first-order valence-electron chi connectivity index (χ1n) is 5.89. The van der Waals surface area contributed by atoms with Gasteiger partial charge in [0.05, 0.1) is 6.54 Å². The maximum Gasteiger partial charge on any atom is 0.238 e. The highest BCUT2D eigenvalue weighted by Crippen LogP contribution is 2.07. The van der Waals surface area contributed by atoms with Crippen LogP contribution in [-0.4, -0.2) is 31.4 Å². The zero-order valence-corrected chi connectivity index (χ0v) is 10.7. The molecule has 0 saturated heterocycles. The van der Waals surface area contributed by atoms with Crippen molar-refractivity contribution in [2.45, 2.75) is 13.8 Å². The maximum absolute atomic E-state index is 11.5. The number of carbonyl (C=O) groups is 2. The zero-order chi connectivity index (χ0) is 13.4. The number of anilines is 1. The fraction of sp³-hybridized carbons (Fsp3) is 0.385. The van der Waals surface area contributed by atoms with Gasteiger partial charge in [0.15, 0.2) is 0 Å². The molecule has 1 aromatic carbocycles. The van der Waals surface area contributed by atoms with Crippen LogP contribution in [0.15, 0.2) is 24.3 Å². The van der Waals surface area contributed by atoms with Crippen molar-refractivity contribution in [3.63, 3.8) is 0 Å². The highest BCUT2D eigenvalue weighted by molar-refractivity contribution is 5.92. The third-order valence-corrected chi connectivity index (χ3v) is 2.30. The summed E-state index contributed by atoms with van der Waals surface area (Å²) in [5.74, 6) is -0.164. The van der Waals surface area contributed by atoms with Crippen LogP contribution in [-0.2, 0) is 9.59 Å². The Bertz CT molecular complexity index is 401. The minimum atomic E-state index is -0.0957. The van der Waals surface area contributed by atoms with Crippen molar-refractivity contribution in [2.75, 3.05) is 25.0 Å². The van der Waals surface area contributed by atoms with Crippen LogP contribution in [0.5, 0.6) is 0 Å². The molecule has 0 bridgehead atoms. The Morgan fingerprint density at radius 2 is 1.78 bits per heavy atom. The Morgan fingerprint density at radius 1 is 1.11 bits per heavy atom. The number of benzene rings is 1. The average molecular weight is 249 g/mol. The van der Waals surface area contributed by atoms with Crippen LogP contribution in [0.3, 0.4) is 0 Å². The van der Waals surface area contributed by atoms with E-state index in [-0.39, 0.29) is 18.4 Å². The molecule has 0 saturated carbocycles. The molecule has 0 aliphatic carbocycles. The van der Waals surface area contributed by atoms with Gasteiger partial charge in [0.1, 0.15) is 0 Å². The van der Waals surface area contributed by atoms with Gasteiger partial charge < -0.3 is 16.0 Å². The van der Waals surface area contributed by atoms with E-state index in [1.54, 1.807) is 0 Å². The highest BCUT2D eigenvalue weighted by atomic mass is 16.2. The lowest BCUT2D eigenvalue weighted by molar-refractivity contribution is -0.118. The lowest BCUT2D eigenvalue weighted by Gasteiger charge is -2.07. The Labute approximate surface area is 107 Å². The molecule has 1 aromatic rings. The fourth-order valence-corrected chi connectivity index (χ4v) is 1.37. The molecule has 0 aromatic heterocycles. The van der Waals surface area contributed by atoms with E-state index in [4.69, 9.17) is 0 Å². The number of hydrogen-bond acceptors (Lipinski definition) is 3. The quantitative estimate of drug-likeness (QED) is 0.649. The molecule has 0 fully saturated rings. The summed E-state index contributed by atoms with van der Waals surface area (Å²) in [4.78, 5) is 22.1. The molecular weight excluding hydrogens is 230 g/mol. The molecule has 0 unspecified atom stereocenters. The first-order chi connectivity index (χ1) is 8.58. The van der Waals surface area contributed by atoms with Crippen LogP contribution < -0.4 is 16.0 Å². The SMILES string of the molecule is CC(=O)NCCNCC(=O)Nc1ccc(C)cc1. The van der Waals surface area contributed by atoms with Gasteiger partial charge in [0.25, 0.3) is 0 Å². The Balaban J connectivity index is 2.17. The third kappa shape index (κ3) is 6.00. The van der Waals surface area contributed by atoms with Crippen molar-refractivity contribution < 1.29 is 9.59 Å². The van der Waals surface area contributed by atoms with Crippen molar-refractivity contribution in [3.8, 4) is 0 Å². The number of amides is 2. The van der Waals surface area contributed by atoms with Gasteiger partial charge in [0, 0.05) is 25.7 Å². The summed E-state index contributed by atoms with van der Waals surface area (Å²) in [7, 11) is 0. The van der Waals surface area contributed by atoms with Gasteiger partial charge in [-0.15, -0.1) is 0 Å². The summed E-state index contributed by atoms with van der Waals surface area (Å²) in [5, 5.41) is 8.37. The maximum atomic E-state index is 11.5. The molecule has 0 atom stereocenters. The van der Waals surface area contributed by atoms with Gasteiger partial charge in [0.2, 0.25) is 11.8 Å². The van der Waals surface area contributed by atoms with Crippen LogP contribution in [0.4, 0.5) is 5.69 Å². The van der Waals surface area contributed by atoms with Crippen molar-refractivity contribution in [2.24, 2.45) is 0 Å². The Hall–Kier alpha value is -1.88. The number of aryl methyl sites for hydroxylation is 1. The highest BCUT2D eigenvalue weighted by Gasteiger charge is 2.01. The van der Waals surface area contributed by atoms with Gasteiger partial charge in [-0.3, -0.25) is 9.59 Å². The predicted molar refractivity (Wildman–Crippen MR) is 71.4 cm³/mol. The number of hydrogen-bond donors (Lipinski definition) is 3. The largest absolute Gasteiger partial charge is 0.355 e. The van der Waals surface area contributed by atoms with Crippen molar-refractivity contribution >= 4 is 17.5 Å². The normalized spacial score (nSPS) is 9.89. The van der Waals surface area contributed by atoms with Crippen LogP contribution in [0.25, 0.3) is 0 Å². The molecule has 5 nitrogen and oxygen atoms in total. The van der Waals surface area contributed by atoms with Crippen LogP contribution in [0, 0.1) is 6.92 Å². The standard InChI is InChI=1S/C13H19N3O2/c1-10-3-5-12(6-4-10)16-13(18)9-14-7-8-15-11(2)17/h3-6,14H,7-9H2,1-2H3,(H,15,17)(H,16,18). The van der Waals surface area contributed by atoms with Crippen molar-refractivity contribution in [3.05, 3.63) is 29.8 Å². The van der Waals surface area contributed by atoms with E-state index in [0.29, 0.717) is 13.1 Å². The fourth-order valence-electron chi connectivity index (χ4n) is 1.37. The zero-order valence-electron chi connectivity index (χ0n) is 10.7. The van der Waals surface area contributed by atoms with Gasteiger partial charge in [-0.2, -0.15) is 0 Å². The third-order valence-electron chi connectivity index (χ3n) is 2.30. The molecule has 2 amide bonds. The van der Waals surface area contributed by atoms with E-state index >= 15 is 0 Å². The summed E-state index contributed by atoms with van der Waals surface area (Å²) in [6.45, 7) is 4.78. The average Bonchev–Trinajstić information content (AvgIpc) is 2.31. The van der Waals surface area contributed by atoms with Gasteiger partial charge >= 0.3 is 0 Å². The minimum Gasteiger partial charge on any atom is -0.355 e. The van der Waals surface area contributed by atoms with E-state index in [1.807, 2.05) is 31.2 Å². The van der Waals surface area contributed by atoms with Crippen molar-refractivity contribution in [1.82, 2.24) is 10.6 Å². The summed E-state index contributed by atoms with van der Waals surface area (Å²) in [6, 6.07) is 7.62.